The van der Waals surface area contributed by atoms with Crippen LogP contribution in [0.3, 0.4) is 0 Å². The first-order valence-corrected chi connectivity index (χ1v) is 11.9. The van der Waals surface area contributed by atoms with Gasteiger partial charge in [-0.05, 0) is 54.9 Å². The highest BCUT2D eigenvalue weighted by atomic mass is 16.5. The van der Waals surface area contributed by atoms with Crippen LogP contribution >= 0.6 is 0 Å². The molecule has 1 aromatic heterocycles. The molecule has 31 heavy (non-hydrogen) atoms. The molecule has 5 nitrogen and oxygen atoms in total. The van der Waals surface area contributed by atoms with Crippen LogP contribution in [0, 0.1) is 0 Å². The van der Waals surface area contributed by atoms with Gasteiger partial charge in [-0.1, -0.05) is 43.2 Å². The first kappa shape index (κ1) is 20.7. The van der Waals surface area contributed by atoms with Gasteiger partial charge >= 0.3 is 0 Å². The van der Waals surface area contributed by atoms with Crippen molar-refractivity contribution in [1.82, 2.24) is 15.2 Å². The summed E-state index contributed by atoms with van der Waals surface area (Å²) in [5, 5.41) is 3.24. The third-order valence-corrected chi connectivity index (χ3v) is 7.27. The average Bonchev–Trinajstić information content (AvgIpc) is 3.29. The molecule has 5 heteroatoms. The predicted octanol–water partition coefficient (Wildman–Crippen LogP) is 3.96. The highest BCUT2D eigenvalue weighted by molar-refractivity contribution is 5.77. The van der Waals surface area contributed by atoms with E-state index in [9.17, 15) is 4.79 Å². The maximum Gasteiger partial charge on any atom is 0.222 e. The lowest BCUT2D eigenvalue weighted by Gasteiger charge is -2.47. The first-order valence-electron chi connectivity index (χ1n) is 11.9. The summed E-state index contributed by atoms with van der Waals surface area (Å²) in [6, 6.07) is 13.2. The van der Waals surface area contributed by atoms with Gasteiger partial charge in [0.2, 0.25) is 5.91 Å². The first-order chi connectivity index (χ1) is 15.2. The number of rotatable bonds is 5. The molecule has 1 unspecified atom stereocenters. The molecule has 1 N–H and O–H groups in total. The Morgan fingerprint density at radius 2 is 1.94 bits per heavy atom. The fourth-order valence-electron chi connectivity index (χ4n) is 5.70. The van der Waals surface area contributed by atoms with E-state index in [1.54, 1.807) is 0 Å². The molecular formula is C26H33N3O2. The SMILES string of the molecule is O=C(CC1Cc2ccccc2C2(CCN(Cc3cccnc3)CC2)O1)NC1CCCC1. The van der Waals surface area contributed by atoms with Crippen molar-refractivity contribution < 1.29 is 9.53 Å². The van der Waals surface area contributed by atoms with E-state index < -0.39 is 0 Å². The zero-order valence-electron chi connectivity index (χ0n) is 18.3. The van der Waals surface area contributed by atoms with Crippen molar-refractivity contribution in [3.63, 3.8) is 0 Å². The van der Waals surface area contributed by atoms with Crippen molar-refractivity contribution in [3.05, 3.63) is 65.5 Å². The van der Waals surface area contributed by atoms with E-state index in [2.05, 4.69) is 45.5 Å². The van der Waals surface area contributed by atoms with Crippen LogP contribution in [-0.2, 0) is 28.1 Å². The number of nitrogens with zero attached hydrogens (tertiary/aromatic N) is 2. The van der Waals surface area contributed by atoms with Gasteiger partial charge in [-0.3, -0.25) is 14.7 Å². The van der Waals surface area contributed by atoms with Crippen LogP contribution in [-0.4, -0.2) is 41.0 Å². The molecule has 1 saturated heterocycles. The fourth-order valence-corrected chi connectivity index (χ4v) is 5.70. The largest absolute Gasteiger partial charge is 0.366 e. The van der Waals surface area contributed by atoms with E-state index in [1.165, 1.54) is 29.5 Å². The van der Waals surface area contributed by atoms with Crippen molar-refractivity contribution in [3.8, 4) is 0 Å². The van der Waals surface area contributed by atoms with Gasteiger partial charge in [0.1, 0.15) is 0 Å². The summed E-state index contributed by atoms with van der Waals surface area (Å²) in [7, 11) is 0. The lowest BCUT2D eigenvalue weighted by atomic mass is 9.77. The molecule has 1 atom stereocenters. The van der Waals surface area contributed by atoms with Crippen LogP contribution < -0.4 is 5.32 Å². The molecule has 5 rings (SSSR count). The third-order valence-electron chi connectivity index (χ3n) is 7.27. The number of carbonyl (C=O) groups excluding carboxylic acids is 1. The van der Waals surface area contributed by atoms with Gasteiger partial charge in [0.05, 0.1) is 18.1 Å². The predicted molar refractivity (Wildman–Crippen MR) is 120 cm³/mol. The fraction of sp³-hybridized carbons (Fsp3) is 0.538. The summed E-state index contributed by atoms with van der Waals surface area (Å²) < 4.78 is 6.78. The lowest BCUT2D eigenvalue weighted by Crippen LogP contribution is -2.49. The van der Waals surface area contributed by atoms with Gasteiger partial charge in [-0.2, -0.15) is 0 Å². The Morgan fingerprint density at radius 1 is 1.13 bits per heavy atom. The normalized spacial score (nSPS) is 23.5. The topological polar surface area (TPSA) is 54.5 Å². The number of likely N-dealkylation sites (tertiary alicyclic amines) is 1. The summed E-state index contributed by atoms with van der Waals surface area (Å²) >= 11 is 0. The molecule has 3 heterocycles. The van der Waals surface area contributed by atoms with Gasteiger partial charge in [-0.25, -0.2) is 0 Å². The van der Waals surface area contributed by atoms with Crippen LogP contribution in [0.5, 0.6) is 0 Å². The number of benzene rings is 1. The Kier molecular flexibility index (Phi) is 6.06. The number of nitrogens with one attached hydrogen (secondary N) is 1. The Balaban J connectivity index is 1.26. The minimum atomic E-state index is -0.265. The van der Waals surface area contributed by atoms with Crippen LogP contribution in [0.2, 0.25) is 0 Å². The summed E-state index contributed by atoms with van der Waals surface area (Å²) in [6.07, 6.45) is 11.7. The second-order valence-corrected chi connectivity index (χ2v) is 9.49. The van der Waals surface area contributed by atoms with Crippen molar-refractivity contribution in [2.45, 2.75) is 75.7 Å². The zero-order chi connectivity index (χ0) is 21.1. The minimum absolute atomic E-state index is 0.0406. The van der Waals surface area contributed by atoms with Crippen molar-refractivity contribution in [2.75, 3.05) is 13.1 Å². The summed E-state index contributed by atoms with van der Waals surface area (Å²) in [5.74, 6) is 0.153. The minimum Gasteiger partial charge on any atom is -0.366 e. The van der Waals surface area contributed by atoms with Crippen molar-refractivity contribution >= 4 is 5.91 Å². The van der Waals surface area contributed by atoms with Gasteiger partial charge in [0, 0.05) is 38.1 Å². The molecule has 2 fully saturated rings. The molecule has 1 spiro atoms. The van der Waals surface area contributed by atoms with Crippen LogP contribution in [0.4, 0.5) is 0 Å². The number of pyridine rings is 1. The van der Waals surface area contributed by atoms with Gasteiger partial charge in [-0.15, -0.1) is 0 Å². The molecule has 1 amide bonds. The van der Waals surface area contributed by atoms with E-state index >= 15 is 0 Å². The van der Waals surface area contributed by atoms with E-state index in [0.717, 1.165) is 51.7 Å². The quantitative estimate of drug-likeness (QED) is 0.797. The highest BCUT2D eigenvalue weighted by Crippen LogP contribution is 2.44. The van der Waals surface area contributed by atoms with E-state index in [1.807, 2.05) is 18.5 Å². The van der Waals surface area contributed by atoms with Crippen LogP contribution in [0.25, 0.3) is 0 Å². The molecule has 0 radical (unpaired) electrons. The zero-order valence-corrected chi connectivity index (χ0v) is 18.3. The molecule has 2 aromatic rings. The van der Waals surface area contributed by atoms with Crippen LogP contribution in [0.1, 0.15) is 61.6 Å². The smallest absolute Gasteiger partial charge is 0.222 e. The molecule has 164 valence electrons. The molecule has 2 aliphatic heterocycles. The molecule has 1 aliphatic carbocycles. The Morgan fingerprint density at radius 3 is 2.71 bits per heavy atom. The number of amides is 1. The molecule has 0 bridgehead atoms. The number of piperidine rings is 1. The number of hydrogen-bond donors (Lipinski definition) is 1. The van der Waals surface area contributed by atoms with Crippen LogP contribution in [0.15, 0.2) is 48.8 Å². The molecular weight excluding hydrogens is 386 g/mol. The summed E-state index contributed by atoms with van der Waals surface area (Å²) in [5.41, 5.74) is 3.68. The Bertz CT molecular complexity index is 887. The van der Waals surface area contributed by atoms with Gasteiger partial charge in [0.15, 0.2) is 0 Å². The lowest BCUT2D eigenvalue weighted by molar-refractivity contribution is -0.150. The third kappa shape index (κ3) is 4.68. The number of fused-ring (bicyclic) bond motifs is 2. The standard InChI is InChI=1S/C26H33N3O2/c30-25(28-22-8-2-3-9-22)17-23-16-21-7-1-4-10-24(21)26(31-23)11-14-29(15-12-26)19-20-6-5-13-27-18-20/h1,4-7,10,13,18,22-23H,2-3,8-9,11-12,14-17,19H2,(H,28,30). The monoisotopic (exact) mass is 419 g/mol. The molecule has 1 aromatic carbocycles. The number of carbonyl (C=O) groups is 1. The number of ether oxygens (including phenoxy) is 1. The summed E-state index contributed by atoms with van der Waals surface area (Å²) in [4.78, 5) is 19.4. The van der Waals surface area contributed by atoms with Gasteiger partial charge in [0.25, 0.3) is 0 Å². The maximum absolute atomic E-state index is 12.7. The highest BCUT2D eigenvalue weighted by Gasteiger charge is 2.44. The number of hydrogen-bond acceptors (Lipinski definition) is 4. The summed E-state index contributed by atoms with van der Waals surface area (Å²) in [6.45, 7) is 2.91. The number of aromatic nitrogens is 1. The van der Waals surface area contributed by atoms with Crippen molar-refractivity contribution in [1.29, 1.82) is 0 Å². The second kappa shape index (κ2) is 9.09. The maximum atomic E-state index is 12.7. The molecule has 1 saturated carbocycles. The average molecular weight is 420 g/mol. The Hall–Kier alpha value is -2.24. The van der Waals surface area contributed by atoms with Crippen molar-refractivity contribution in [2.24, 2.45) is 0 Å². The molecule has 3 aliphatic rings. The van der Waals surface area contributed by atoms with E-state index in [4.69, 9.17) is 4.74 Å². The van der Waals surface area contributed by atoms with E-state index in [0.29, 0.717) is 12.5 Å². The van der Waals surface area contributed by atoms with Gasteiger partial charge < -0.3 is 10.1 Å². The second-order valence-electron chi connectivity index (χ2n) is 9.49. The van der Waals surface area contributed by atoms with E-state index in [-0.39, 0.29) is 17.6 Å². The Labute approximate surface area is 185 Å².